The summed E-state index contributed by atoms with van der Waals surface area (Å²) in [6.45, 7) is 12.0. The fourth-order valence-electron chi connectivity index (χ4n) is 9.19. The third kappa shape index (κ3) is 3.45. The summed E-state index contributed by atoms with van der Waals surface area (Å²) in [7, 11) is 1.96. The van der Waals surface area contributed by atoms with Crippen LogP contribution in [-0.2, 0) is 28.0 Å². The monoisotopic (exact) mass is 469 g/mol. The van der Waals surface area contributed by atoms with E-state index in [0.717, 1.165) is 37.1 Å². The molecular formula is C28H43N3O3. The molecule has 0 unspecified atom stereocenters. The molecular weight excluding hydrogens is 426 g/mol. The molecule has 0 saturated heterocycles. The van der Waals surface area contributed by atoms with Gasteiger partial charge in [-0.1, -0.05) is 25.4 Å². The van der Waals surface area contributed by atoms with Gasteiger partial charge >= 0.3 is 5.97 Å². The maximum atomic E-state index is 13.1. The van der Waals surface area contributed by atoms with Crippen molar-refractivity contribution in [3.63, 3.8) is 0 Å². The van der Waals surface area contributed by atoms with E-state index in [1.165, 1.54) is 37.8 Å². The Kier molecular flexibility index (Phi) is 5.68. The van der Waals surface area contributed by atoms with Crippen molar-refractivity contribution >= 4 is 11.7 Å². The number of fused-ring (bicyclic) bond motifs is 3. The molecule has 1 aromatic rings. The zero-order valence-corrected chi connectivity index (χ0v) is 22.1. The fraction of sp³-hybridized carbons (Fsp3) is 0.821. The predicted molar refractivity (Wildman–Crippen MR) is 132 cm³/mol. The first-order valence-electron chi connectivity index (χ1n) is 13.4. The summed E-state index contributed by atoms with van der Waals surface area (Å²) in [5.41, 5.74) is 3.62. The summed E-state index contributed by atoms with van der Waals surface area (Å²) in [4.78, 5) is 19.1. The van der Waals surface area contributed by atoms with Gasteiger partial charge in [-0.25, -0.2) is 0 Å². The zero-order valence-electron chi connectivity index (χ0n) is 22.1. The van der Waals surface area contributed by atoms with E-state index in [4.69, 9.17) is 14.7 Å². The molecule has 1 aromatic heterocycles. The van der Waals surface area contributed by atoms with Crippen LogP contribution < -0.4 is 0 Å². The number of rotatable bonds is 5. The molecule has 5 rings (SSSR count). The first-order chi connectivity index (χ1) is 16.1. The number of oxime groups is 1. The molecule has 0 amide bonds. The van der Waals surface area contributed by atoms with Gasteiger partial charge in [0.25, 0.3) is 0 Å². The number of carbonyl (C=O) groups excluding carboxylic acids is 1. The molecule has 188 valence electrons. The maximum Gasteiger partial charge on any atom is 0.312 e. The average Bonchev–Trinajstić information content (AvgIpc) is 3.19. The molecule has 0 aromatic carbocycles. The largest absolute Gasteiger partial charge is 0.466 e. The Hall–Kier alpha value is -1.85. The lowest BCUT2D eigenvalue weighted by Crippen LogP contribution is -2.58. The molecule has 0 radical (unpaired) electrons. The summed E-state index contributed by atoms with van der Waals surface area (Å²) in [6.07, 6.45) is 10.3. The minimum Gasteiger partial charge on any atom is -0.466 e. The van der Waals surface area contributed by atoms with Crippen molar-refractivity contribution in [1.82, 2.24) is 9.78 Å². The topological polar surface area (TPSA) is 65.7 Å². The second kappa shape index (κ2) is 8.09. The van der Waals surface area contributed by atoms with Crippen LogP contribution in [0.5, 0.6) is 0 Å². The highest BCUT2D eigenvalue weighted by Crippen LogP contribution is 2.73. The van der Waals surface area contributed by atoms with Crippen LogP contribution in [0.4, 0.5) is 0 Å². The summed E-state index contributed by atoms with van der Waals surface area (Å²) in [6, 6.07) is 2.06. The third-order valence-electron chi connectivity index (χ3n) is 10.6. The van der Waals surface area contributed by atoms with Crippen molar-refractivity contribution in [2.24, 2.45) is 45.7 Å². The fourth-order valence-corrected chi connectivity index (χ4v) is 9.19. The molecule has 1 spiro atoms. The number of hydrogen-bond acceptors (Lipinski definition) is 5. The van der Waals surface area contributed by atoms with E-state index in [9.17, 15) is 4.79 Å². The Morgan fingerprint density at radius 3 is 2.65 bits per heavy atom. The Labute approximate surface area is 204 Å². The van der Waals surface area contributed by atoms with Gasteiger partial charge in [-0.15, -0.1) is 0 Å². The summed E-state index contributed by atoms with van der Waals surface area (Å²) in [5, 5.41) is 9.20. The molecule has 4 fully saturated rings. The lowest BCUT2D eigenvalue weighted by molar-refractivity contribution is -0.187. The van der Waals surface area contributed by atoms with Crippen LogP contribution in [0.25, 0.3) is 0 Å². The van der Waals surface area contributed by atoms with Crippen molar-refractivity contribution in [3.05, 3.63) is 17.5 Å². The van der Waals surface area contributed by atoms with Gasteiger partial charge in [0.1, 0.15) is 0 Å². The number of aryl methyl sites for hydroxylation is 2. The summed E-state index contributed by atoms with van der Waals surface area (Å²) in [5.74, 6) is 1.10. The highest BCUT2D eigenvalue weighted by Gasteiger charge is 2.67. The molecule has 0 N–H and O–H groups in total. The Morgan fingerprint density at radius 1 is 1.18 bits per heavy atom. The molecule has 0 aliphatic heterocycles. The lowest BCUT2D eigenvalue weighted by Gasteiger charge is -2.64. The number of aromatic nitrogens is 2. The maximum absolute atomic E-state index is 13.1. The van der Waals surface area contributed by atoms with Gasteiger partial charge in [0, 0.05) is 12.5 Å². The Balaban J connectivity index is 1.38. The van der Waals surface area contributed by atoms with Gasteiger partial charge in [-0.3, -0.25) is 9.48 Å². The van der Waals surface area contributed by atoms with E-state index in [0.29, 0.717) is 30.5 Å². The van der Waals surface area contributed by atoms with Gasteiger partial charge in [-0.05, 0) is 101 Å². The molecule has 4 aliphatic rings. The Bertz CT molecular complexity index is 1000. The highest BCUT2D eigenvalue weighted by atomic mass is 16.6. The van der Waals surface area contributed by atoms with Crippen LogP contribution >= 0.6 is 0 Å². The van der Waals surface area contributed by atoms with E-state index in [1.807, 2.05) is 25.6 Å². The number of esters is 1. The quantitative estimate of drug-likeness (QED) is 0.394. The van der Waals surface area contributed by atoms with E-state index >= 15 is 0 Å². The third-order valence-corrected chi connectivity index (χ3v) is 10.6. The minimum atomic E-state index is -0.342. The second-order valence-electron chi connectivity index (χ2n) is 12.7. The second-order valence-corrected chi connectivity index (χ2v) is 12.7. The van der Waals surface area contributed by atoms with Crippen LogP contribution in [0.1, 0.15) is 96.9 Å². The smallest absolute Gasteiger partial charge is 0.312 e. The average molecular weight is 470 g/mol. The van der Waals surface area contributed by atoms with Crippen molar-refractivity contribution in [3.8, 4) is 0 Å². The molecule has 2 bridgehead atoms. The van der Waals surface area contributed by atoms with Gasteiger partial charge in [0.05, 0.1) is 29.1 Å². The lowest BCUT2D eigenvalue weighted by atomic mass is 9.40. The number of carbonyl (C=O) groups is 1. The van der Waals surface area contributed by atoms with Gasteiger partial charge in [0.2, 0.25) is 0 Å². The van der Waals surface area contributed by atoms with Crippen molar-refractivity contribution in [2.45, 2.75) is 99.0 Å². The normalized spacial score (nSPS) is 42.2. The van der Waals surface area contributed by atoms with Crippen LogP contribution in [-0.4, -0.2) is 28.1 Å². The van der Waals surface area contributed by atoms with Crippen LogP contribution in [0.15, 0.2) is 11.2 Å². The van der Waals surface area contributed by atoms with Gasteiger partial charge in [0.15, 0.2) is 6.61 Å². The van der Waals surface area contributed by atoms with Crippen molar-refractivity contribution in [1.29, 1.82) is 0 Å². The van der Waals surface area contributed by atoms with E-state index < -0.39 is 0 Å². The van der Waals surface area contributed by atoms with Crippen molar-refractivity contribution < 1.29 is 14.4 Å². The van der Waals surface area contributed by atoms with Crippen molar-refractivity contribution in [2.75, 3.05) is 6.61 Å². The molecule has 6 nitrogen and oxygen atoms in total. The van der Waals surface area contributed by atoms with Crippen LogP contribution in [0.2, 0.25) is 0 Å². The highest BCUT2D eigenvalue weighted by molar-refractivity contribution is 5.93. The summed E-state index contributed by atoms with van der Waals surface area (Å²) < 4.78 is 7.50. The first kappa shape index (κ1) is 23.9. The van der Waals surface area contributed by atoms with E-state index in [-0.39, 0.29) is 22.2 Å². The van der Waals surface area contributed by atoms with E-state index in [1.54, 1.807) is 0 Å². The molecule has 6 heteroatoms. The standard InChI is InChI=1S/C28H43N3O3/c1-7-33-24(32)27(5)12-8-11-26(4)21(27)10-14-28-16-23(25(3,18-28)13-9-22(26)28)30-34-17-20-15-19(2)29-31(20)6/h15,21-22H,7-14,16-18H2,1-6H3/b30-23+/t21-,22-,25-,26+,27+,28-/m0/s1. The van der Waals surface area contributed by atoms with Gasteiger partial charge in [-0.2, -0.15) is 5.10 Å². The number of ether oxygens (including phenoxy) is 1. The molecule has 4 saturated carbocycles. The Morgan fingerprint density at radius 2 is 1.94 bits per heavy atom. The van der Waals surface area contributed by atoms with Crippen LogP contribution in [0, 0.1) is 40.4 Å². The molecule has 34 heavy (non-hydrogen) atoms. The summed E-state index contributed by atoms with van der Waals surface area (Å²) >= 11 is 0. The first-order valence-corrected chi connectivity index (χ1v) is 13.4. The zero-order chi connectivity index (χ0) is 24.4. The molecule has 6 atom stereocenters. The predicted octanol–water partition coefficient (Wildman–Crippen LogP) is 5.97. The van der Waals surface area contributed by atoms with Crippen LogP contribution in [0.3, 0.4) is 0 Å². The molecule has 1 heterocycles. The SMILES string of the molecule is CCOC(=O)[C@]1(C)CCC[C@@]2(C)[C@@H]3CC[C@@]4(C)C[C@]3(CC[C@@H]21)C/C4=N\OCc1cc(C)nn1C. The number of hydrogen-bond donors (Lipinski definition) is 0. The molecule has 4 aliphatic carbocycles. The minimum absolute atomic E-state index is 0.0370. The van der Waals surface area contributed by atoms with Gasteiger partial charge < -0.3 is 9.57 Å². The van der Waals surface area contributed by atoms with E-state index in [2.05, 4.69) is 31.9 Å². The number of nitrogens with zero attached hydrogens (tertiary/aromatic N) is 3.